The zero-order valence-electron chi connectivity index (χ0n) is 18.4. The first-order valence-electron chi connectivity index (χ1n) is 10.7. The molecule has 0 aliphatic carbocycles. The van der Waals surface area contributed by atoms with Gasteiger partial charge in [-0.25, -0.2) is 4.98 Å². The second-order valence-corrected chi connectivity index (χ2v) is 9.60. The fraction of sp³-hybridized carbons (Fsp3) is 0.375. The van der Waals surface area contributed by atoms with E-state index < -0.39 is 0 Å². The van der Waals surface area contributed by atoms with Gasteiger partial charge in [-0.15, -0.1) is 0 Å². The Kier molecular flexibility index (Phi) is 6.88. The number of benzene rings is 2. The number of amides is 1. The molecule has 1 unspecified atom stereocenters. The van der Waals surface area contributed by atoms with Gasteiger partial charge in [-0.05, 0) is 42.7 Å². The van der Waals surface area contributed by atoms with E-state index in [1.807, 2.05) is 36.1 Å². The monoisotopic (exact) mass is 471 g/mol. The van der Waals surface area contributed by atoms with Crippen molar-refractivity contribution in [1.29, 1.82) is 0 Å². The number of morpholine rings is 1. The van der Waals surface area contributed by atoms with Crippen molar-refractivity contribution < 1.29 is 9.53 Å². The van der Waals surface area contributed by atoms with E-state index in [-0.39, 0.29) is 29.2 Å². The molecule has 0 saturated carbocycles. The summed E-state index contributed by atoms with van der Waals surface area (Å²) in [6.45, 7) is 7.83. The molecule has 8 heteroatoms. The number of rotatable bonds is 5. The van der Waals surface area contributed by atoms with Gasteiger partial charge in [0, 0.05) is 18.1 Å². The number of thioether (sulfide) groups is 1. The van der Waals surface area contributed by atoms with Gasteiger partial charge in [-0.3, -0.25) is 14.2 Å². The van der Waals surface area contributed by atoms with E-state index in [9.17, 15) is 9.59 Å². The number of halogens is 1. The summed E-state index contributed by atoms with van der Waals surface area (Å²) in [5, 5.41) is 1.48. The van der Waals surface area contributed by atoms with Gasteiger partial charge in [0.05, 0.1) is 35.1 Å². The summed E-state index contributed by atoms with van der Waals surface area (Å²) in [6.07, 6.45) is 0.0229. The van der Waals surface area contributed by atoms with Crippen LogP contribution >= 0.6 is 23.4 Å². The van der Waals surface area contributed by atoms with Gasteiger partial charge in [0.2, 0.25) is 5.91 Å². The number of hydrogen-bond donors (Lipinski definition) is 0. The number of hydrogen-bond acceptors (Lipinski definition) is 5. The van der Waals surface area contributed by atoms with Crippen molar-refractivity contribution in [2.75, 3.05) is 25.4 Å². The van der Waals surface area contributed by atoms with Crippen LogP contribution in [0.3, 0.4) is 0 Å². The molecule has 4 rings (SSSR count). The predicted molar refractivity (Wildman–Crippen MR) is 129 cm³/mol. The zero-order valence-corrected chi connectivity index (χ0v) is 19.9. The Morgan fingerprint density at radius 1 is 1.28 bits per heavy atom. The van der Waals surface area contributed by atoms with E-state index in [1.54, 1.807) is 22.8 Å². The fourth-order valence-corrected chi connectivity index (χ4v) is 4.96. The van der Waals surface area contributed by atoms with E-state index >= 15 is 0 Å². The number of para-hydroxylation sites is 1. The second-order valence-electron chi connectivity index (χ2n) is 8.22. The molecule has 1 amide bonds. The third-order valence-corrected chi connectivity index (χ3v) is 6.68. The summed E-state index contributed by atoms with van der Waals surface area (Å²) in [5.74, 6) is 0.414. The van der Waals surface area contributed by atoms with Gasteiger partial charge in [0.1, 0.15) is 0 Å². The number of nitrogens with zero attached hydrogens (tertiary/aromatic N) is 3. The van der Waals surface area contributed by atoms with Gasteiger partial charge >= 0.3 is 0 Å². The quantitative estimate of drug-likeness (QED) is 0.405. The summed E-state index contributed by atoms with van der Waals surface area (Å²) >= 11 is 7.44. The first-order valence-corrected chi connectivity index (χ1v) is 12.0. The summed E-state index contributed by atoms with van der Waals surface area (Å²) in [5.41, 5.74) is 2.18. The smallest absolute Gasteiger partial charge is 0.266 e. The molecule has 1 aliphatic rings. The molecule has 0 bridgehead atoms. The molecule has 1 saturated heterocycles. The molecule has 0 N–H and O–H groups in total. The Labute approximate surface area is 196 Å². The number of ether oxygens (including phenoxy) is 1. The van der Waals surface area contributed by atoms with Crippen LogP contribution in [0.25, 0.3) is 16.6 Å². The van der Waals surface area contributed by atoms with Crippen molar-refractivity contribution >= 4 is 40.2 Å². The highest BCUT2D eigenvalue weighted by Gasteiger charge is 2.23. The third kappa shape index (κ3) is 4.70. The van der Waals surface area contributed by atoms with Crippen LogP contribution in [0.4, 0.5) is 0 Å². The van der Waals surface area contributed by atoms with Gasteiger partial charge in [-0.2, -0.15) is 0 Å². The van der Waals surface area contributed by atoms with Crippen LogP contribution in [-0.2, 0) is 9.53 Å². The number of carbonyl (C=O) groups excluding carboxylic acids is 1. The molecule has 1 atom stereocenters. The zero-order chi connectivity index (χ0) is 22.8. The van der Waals surface area contributed by atoms with Crippen molar-refractivity contribution in [3.8, 4) is 5.69 Å². The summed E-state index contributed by atoms with van der Waals surface area (Å²) in [4.78, 5) is 33.0. The minimum atomic E-state index is -0.172. The molecule has 168 valence electrons. The molecule has 1 aromatic heterocycles. The lowest BCUT2D eigenvalue weighted by Crippen LogP contribution is -2.45. The van der Waals surface area contributed by atoms with Gasteiger partial charge in [0.25, 0.3) is 5.56 Å². The topological polar surface area (TPSA) is 64.4 Å². The molecule has 1 fully saturated rings. The fourth-order valence-electron chi connectivity index (χ4n) is 3.89. The molecule has 1 aliphatic heterocycles. The summed E-state index contributed by atoms with van der Waals surface area (Å²) in [7, 11) is 0. The molecule has 0 spiro atoms. The average molecular weight is 472 g/mol. The van der Waals surface area contributed by atoms with E-state index in [2.05, 4.69) is 13.8 Å². The van der Waals surface area contributed by atoms with Gasteiger partial charge in [-0.1, -0.05) is 55.4 Å². The molecular formula is C24H26ClN3O3S. The average Bonchev–Trinajstić information content (AvgIpc) is 2.77. The van der Waals surface area contributed by atoms with Crippen LogP contribution in [0.5, 0.6) is 0 Å². The molecule has 2 heterocycles. The van der Waals surface area contributed by atoms with E-state index in [0.29, 0.717) is 40.8 Å². The molecule has 2 aromatic carbocycles. The predicted octanol–water partition coefficient (Wildman–Crippen LogP) is 4.50. The maximum Gasteiger partial charge on any atom is 0.266 e. The van der Waals surface area contributed by atoms with Crippen molar-refractivity contribution in [1.82, 2.24) is 14.5 Å². The number of fused-ring (bicyclic) bond motifs is 1. The van der Waals surface area contributed by atoms with Crippen LogP contribution in [0.1, 0.15) is 32.3 Å². The summed E-state index contributed by atoms with van der Waals surface area (Å²) in [6, 6.07) is 12.9. The van der Waals surface area contributed by atoms with Crippen LogP contribution in [0.15, 0.2) is 52.4 Å². The Bertz CT molecular complexity index is 1210. The first-order chi connectivity index (χ1) is 15.3. The SMILES string of the molecule is CC1CN(C(=O)CSc2nc3cc(Cl)ccc3c(=O)n2-c2ccccc2C(C)C)CCO1. The van der Waals surface area contributed by atoms with Crippen molar-refractivity contribution in [3.05, 3.63) is 63.4 Å². The van der Waals surface area contributed by atoms with Gasteiger partial charge < -0.3 is 9.64 Å². The highest BCUT2D eigenvalue weighted by molar-refractivity contribution is 7.99. The maximum absolute atomic E-state index is 13.6. The standard InChI is InChI=1S/C24H26ClN3O3S/c1-15(2)18-6-4-5-7-21(18)28-23(30)19-9-8-17(25)12-20(19)26-24(28)32-14-22(29)27-10-11-31-16(3)13-27/h4-9,12,15-16H,10-11,13-14H2,1-3H3. The molecule has 6 nitrogen and oxygen atoms in total. The Morgan fingerprint density at radius 3 is 2.81 bits per heavy atom. The molecular weight excluding hydrogens is 446 g/mol. The normalized spacial score (nSPS) is 16.7. The molecule has 32 heavy (non-hydrogen) atoms. The van der Waals surface area contributed by atoms with Gasteiger partial charge in [0.15, 0.2) is 5.16 Å². The number of carbonyl (C=O) groups is 1. The van der Waals surface area contributed by atoms with Crippen molar-refractivity contribution in [3.63, 3.8) is 0 Å². The van der Waals surface area contributed by atoms with E-state index in [0.717, 1.165) is 11.3 Å². The first kappa shape index (κ1) is 22.8. The van der Waals surface area contributed by atoms with Crippen LogP contribution in [-0.4, -0.2) is 51.9 Å². The largest absolute Gasteiger partial charge is 0.375 e. The highest BCUT2D eigenvalue weighted by Crippen LogP contribution is 2.28. The Balaban J connectivity index is 1.77. The third-order valence-electron chi connectivity index (χ3n) is 5.52. The van der Waals surface area contributed by atoms with E-state index in [4.69, 9.17) is 21.3 Å². The molecule has 3 aromatic rings. The lowest BCUT2D eigenvalue weighted by molar-refractivity contribution is -0.135. The van der Waals surface area contributed by atoms with Crippen molar-refractivity contribution in [2.45, 2.75) is 37.9 Å². The van der Waals surface area contributed by atoms with Crippen LogP contribution < -0.4 is 5.56 Å². The highest BCUT2D eigenvalue weighted by atomic mass is 35.5. The summed E-state index contributed by atoms with van der Waals surface area (Å²) < 4.78 is 7.17. The van der Waals surface area contributed by atoms with Crippen LogP contribution in [0.2, 0.25) is 5.02 Å². The second kappa shape index (κ2) is 9.65. The molecule has 0 radical (unpaired) electrons. The van der Waals surface area contributed by atoms with Crippen LogP contribution in [0, 0.1) is 0 Å². The Hall–Kier alpha value is -2.35. The lowest BCUT2D eigenvalue weighted by atomic mass is 10.0. The van der Waals surface area contributed by atoms with Crippen molar-refractivity contribution in [2.24, 2.45) is 0 Å². The Morgan fingerprint density at radius 2 is 2.06 bits per heavy atom. The number of aromatic nitrogens is 2. The minimum absolute atomic E-state index is 0.00860. The minimum Gasteiger partial charge on any atom is -0.375 e. The maximum atomic E-state index is 13.6. The lowest BCUT2D eigenvalue weighted by Gasteiger charge is -2.31. The van der Waals surface area contributed by atoms with E-state index in [1.165, 1.54) is 11.8 Å².